The monoisotopic (exact) mass is 309 g/mol. The van der Waals surface area contributed by atoms with Crippen LogP contribution in [0, 0.1) is 0 Å². The first kappa shape index (κ1) is 18.9. The topological polar surface area (TPSA) is 38.3 Å². The summed E-state index contributed by atoms with van der Waals surface area (Å²) in [4.78, 5) is 11.1. The Labute approximate surface area is 112 Å². The minimum Gasteiger partial charge on any atom is -0.450 e. The van der Waals surface area contributed by atoms with Gasteiger partial charge in [0.1, 0.15) is 0 Å². The minimum absolute atomic E-state index is 0.227. The number of nitrogens with one attached hydrogen (secondary N) is 1. The third-order valence-electron chi connectivity index (χ3n) is 2.79. The highest BCUT2D eigenvalue weighted by Gasteiger charge is 2.70. The predicted molar refractivity (Wildman–Crippen MR) is 59.1 cm³/mol. The van der Waals surface area contributed by atoms with Crippen LogP contribution in [0.15, 0.2) is 0 Å². The molecule has 0 bridgehead atoms. The zero-order chi connectivity index (χ0) is 16.0. The summed E-state index contributed by atoms with van der Waals surface area (Å²) in [5.74, 6) is 0. The van der Waals surface area contributed by atoms with Gasteiger partial charge in [0.15, 0.2) is 0 Å². The highest BCUT2D eigenvalue weighted by Crippen LogP contribution is 2.45. The van der Waals surface area contributed by atoms with Gasteiger partial charge in [-0.15, -0.1) is 0 Å². The lowest BCUT2D eigenvalue weighted by Crippen LogP contribution is -2.67. The molecule has 1 amide bonds. The van der Waals surface area contributed by atoms with Crippen LogP contribution in [0.3, 0.4) is 0 Å². The highest BCUT2D eigenvalue weighted by atomic mass is 19.4. The number of rotatable bonds is 6. The van der Waals surface area contributed by atoms with E-state index in [1.165, 1.54) is 0 Å². The van der Waals surface area contributed by atoms with E-state index in [2.05, 4.69) is 4.74 Å². The lowest BCUT2D eigenvalue weighted by Gasteiger charge is -2.36. The number of alkyl halides is 6. The van der Waals surface area contributed by atoms with Gasteiger partial charge in [0.25, 0.3) is 0 Å². The van der Waals surface area contributed by atoms with Gasteiger partial charge in [-0.1, -0.05) is 26.7 Å². The summed E-state index contributed by atoms with van der Waals surface area (Å²) >= 11 is 0. The van der Waals surface area contributed by atoms with Crippen LogP contribution < -0.4 is 5.32 Å². The summed E-state index contributed by atoms with van der Waals surface area (Å²) < 4.78 is 80.4. The van der Waals surface area contributed by atoms with Gasteiger partial charge in [0, 0.05) is 0 Å². The maximum atomic E-state index is 12.7. The molecule has 0 fully saturated rings. The maximum absolute atomic E-state index is 12.7. The molecule has 0 saturated heterocycles. The molecule has 0 atom stereocenters. The number of alkyl carbamates (subject to hydrolysis) is 1. The Balaban J connectivity index is 4.88. The van der Waals surface area contributed by atoms with E-state index in [4.69, 9.17) is 0 Å². The Hall–Kier alpha value is -1.15. The Morgan fingerprint density at radius 3 is 1.85 bits per heavy atom. The molecule has 0 unspecified atom stereocenters. The van der Waals surface area contributed by atoms with Gasteiger partial charge in [0.2, 0.25) is 5.54 Å². The average Bonchev–Trinajstić information content (AvgIpc) is 2.28. The molecule has 0 rings (SSSR count). The zero-order valence-corrected chi connectivity index (χ0v) is 11.1. The van der Waals surface area contributed by atoms with Crippen molar-refractivity contribution in [3.05, 3.63) is 0 Å². The van der Waals surface area contributed by atoms with Gasteiger partial charge in [0.05, 0.1) is 6.61 Å². The van der Waals surface area contributed by atoms with Gasteiger partial charge < -0.3 is 4.74 Å². The third kappa shape index (κ3) is 4.45. The number of halogens is 6. The number of unbranched alkanes of at least 4 members (excludes halogenated alkanes) is 2. The molecule has 20 heavy (non-hydrogen) atoms. The lowest BCUT2D eigenvalue weighted by atomic mass is 9.94. The molecule has 0 saturated carbocycles. The number of ether oxygens (including phenoxy) is 1. The molecule has 3 nitrogen and oxygen atoms in total. The summed E-state index contributed by atoms with van der Waals surface area (Å²) in [5.41, 5.74) is -4.29. The zero-order valence-electron chi connectivity index (χ0n) is 11.1. The molecule has 120 valence electrons. The van der Waals surface area contributed by atoms with Crippen molar-refractivity contribution in [1.29, 1.82) is 0 Å². The first-order chi connectivity index (χ1) is 9.02. The number of carbonyl (C=O) groups is 1. The van der Waals surface area contributed by atoms with Crippen molar-refractivity contribution in [1.82, 2.24) is 5.32 Å². The van der Waals surface area contributed by atoms with Crippen LogP contribution in [0.4, 0.5) is 31.1 Å². The molecular weight excluding hydrogens is 292 g/mol. The minimum atomic E-state index is -5.66. The molecule has 0 heterocycles. The molecule has 0 aliphatic heterocycles. The van der Waals surface area contributed by atoms with Gasteiger partial charge >= 0.3 is 18.4 Å². The van der Waals surface area contributed by atoms with Gasteiger partial charge in [-0.05, 0) is 12.8 Å². The number of carbonyl (C=O) groups excluding carboxylic acids is 1. The van der Waals surface area contributed by atoms with E-state index in [0.717, 1.165) is 11.7 Å². The van der Waals surface area contributed by atoms with E-state index < -0.39 is 30.4 Å². The van der Waals surface area contributed by atoms with Crippen LogP contribution in [0.5, 0.6) is 0 Å². The van der Waals surface area contributed by atoms with Crippen molar-refractivity contribution in [3.8, 4) is 0 Å². The summed E-state index contributed by atoms with van der Waals surface area (Å²) in [6.45, 7) is 2.31. The van der Waals surface area contributed by atoms with E-state index in [9.17, 15) is 31.1 Å². The van der Waals surface area contributed by atoms with E-state index in [-0.39, 0.29) is 6.61 Å². The molecule has 0 aliphatic carbocycles. The third-order valence-corrected chi connectivity index (χ3v) is 2.79. The van der Waals surface area contributed by atoms with Crippen LogP contribution in [0.25, 0.3) is 0 Å². The van der Waals surface area contributed by atoms with Crippen LogP contribution in [0.2, 0.25) is 0 Å². The second-order valence-corrected chi connectivity index (χ2v) is 4.22. The summed E-state index contributed by atoms with van der Waals surface area (Å²) in [6, 6.07) is 0. The maximum Gasteiger partial charge on any atom is 0.420 e. The fourth-order valence-electron chi connectivity index (χ4n) is 1.52. The molecule has 1 N–H and O–H groups in total. The Morgan fingerprint density at radius 1 is 1.00 bits per heavy atom. The SMILES string of the molecule is CCCCCOC(=O)NC(CC)(C(F)(F)F)C(F)(F)F. The fraction of sp³-hybridized carbons (Fsp3) is 0.909. The Morgan fingerprint density at radius 2 is 1.50 bits per heavy atom. The summed E-state index contributed by atoms with van der Waals surface area (Å²) in [6.07, 6.45) is -12.6. The van der Waals surface area contributed by atoms with E-state index in [0.29, 0.717) is 19.8 Å². The molecule has 0 spiro atoms. The normalized spacial score (nSPS) is 13.2. The van der Waals surface area contributed by atoms with E-state index in [1.54, 1.807) is 0 Å². The molecule has 9 heteroatoms. The molecule has 0 radical (unpaired) electrons. The smallest absolute Gasteiger partial charge is 0.420 e. The predicted octanol–water partition coefficient (Wildman–Crippen LogP) is 4.18. The Bertz CT molecular complexity index is 299. The summed E-state index contributed by atoms with van der Waals surface area (Å²) in [5, 5.41) is 0.926. The van der Waals surface area contributed by atoms with Crippen molar-refractivity contribution < 1.29 is 35.9 Å². The molecule has 0 aromatic rings. The van der Waals surface area contributed by atoms with Crippen molar-refractivity contribution >= 4 is 6.09 Å². The average molecular weight is 309 g/mol. The van der Waals surface area contributed by atoms with E-state index in [1.807, 2.05) is 6.92 Å². The quantitative estimate of drug-likeness (QED) is 0.590. The molecule has 0 aliphatic rings. The molecular formula is C11H17F6NO2. The van der Waals surface area contributed by atoms with Crippen LogP contribution >= 0.6 is 0 Å². The second kappa shape index (κ2) is 7.03. The van der Waals surface area contributed by atoms with Crippen LogP contribution in [-0.4, -0.2) is 30.6 Å². The first-order valence-electron chi connectivity index (χ1n) is 6.10. The van der Waals surface area contributed by atoms with Crippen molar-refractivity contribution in [2.45, 2.75) is 57.4 Å². The second-order valence-electron chi connectivity index (χ2n) is 4.22. The molecule has 0 aromatic heterocycles. The van der Waals surface area contributed by atoms with Crippen LogP contribution in [0.1, 0.15) is 39.5 Å². The number of amides is 1. The van der Waals surface area contributed by atoms with Crippen molar-refractivity contribution in [2.75, 3.05) is 6.61 Å². The van der Waals surface area contributed by atoms with Crippen LogP contribution in [-0.2, 0) is 4.74 Å². The Kier molecular flexibility index (Phi) is 6.63. The van der Waals surface area contributed by atoms with Gasteiger partial charge in [-0.3, -0.25) is 5.32 Å². The van der Waals surface area contributed by atoms with Crippen molar-refractivity contribution in [2.24, 2.45) is 0 Å². The summed E-state index contributed by atoms with van der Waals surface area (Å²) in [7, 11) is 0. The highest BCUT2D eigenvalue weighted by molar-refractivity contribution is 5.68. The largest absolute Gasteiger partial charge is 0.450 e. The van der Waals surface area contributed by atoms with Crippen molar-refractivity contribution in [3.63, 3.8) is 0 Å². The molecule has 0 aromatic carbocycles. The van der Waals surface area contributed by atoms with Gasteiger partial charge in [-0.25, -0.2) is 4.79 Å². The standard InChI is InChI=1S/C11H17F6NO2/c1-3-5-6-7-20-8(19)18-9(4-2,10(12,13)14)11(15,16)17/h3-7H2,1-2H3,(H,18,19). The lowest BCUT2D eigenvalue weighted by molar-refractivity contribution is -0.305. The number of hydrogen-bond donors (Lipinski definition) is 1. The van der Waals surface area contributed by atoms with Gasteiger partial charge in [-0.2, -0.15) is 26.3 Å². The number of hydrogen-bond acceptors (Lipinski definition) is 2. The van der Waals surface area contributed by atoms with E-state index >= 15 is 0 Å². The first-order valence-corrected chi connectivity index (χ1v) is 6.10. The fourth-order valence-corrected chi connectivity index (χ4v) is 1.52.